The van der Waals surface area contributed by atoms with E-state index in [4.69, 9.17) is 10.5 Å². The molecule has 1 saturated heterocycles. The quantitative estimate of drug-likeness (QED) is 0.741. The molecular formula is C11H24N2O. The molecule has 0 saturated carbocycles. The molecule has 14 heavy (non-hydrogen) atoms. The Kier molecular flexibility index (Phi) is 4.35. The Bertz CT molecular complexity index is 165. The molecule has 0 aromatic rings. The van der Waals surface area contributed by atoms with Gasteiger partial charge in [0.2, 0.25) is 0 Å². The number of likely N-dealkylation sites (N-methyl/N-ethyl adjacent to an activating group) is 1. The number of nitrogens with zero attached hydrogens (tertiary/aromatic N) is 1. The van der Waals surface area contributed by atoms with Crippen molar-refractivity contribution >= 4 is 0 Å². The van der Waals surface area contributed by atoms with E-state index in [0.29, 0.717) is 6.04 Å². The van der Waals surface area contributed by atoms with Gasteiger partial charge >= 0.3 is 0 Å². The average molecular weight is 200 g/mol. The number of hydrogen-bond donors (Lipinski definition) is 1. The Hall–Kier alpha value is -0.120. The van der Waals surface area contributed by atoms with E-state index in [1.807, 2.05) is 0 Å². The summed E-state index contributed by atoms with van der Waals surface area (Å²) in [6.45, 7) is 10.3. The molecule has 1 rings (SSSR count). The lowest BCUT2D eigenvalue weighted by molar-refractivity contribution is -0.0352. The van der Waals surface area contributed by atoms with Crippen molar-refractivity contribution in [3.05, 3.63) is 0 Å². The second-order valence-electron chi connectivity index (χ2n) is 4.42. The summed E-state index contributed by atoms with van der Waals surface area (Å²) in [5, 5.41) is 0. The molecule has 0 bridgehead atoms. The van der Waals surface area contributed by atoms with Crippen LogP contribution in [-0.4, -0.2) is 42.8 Å². The van der Waals surface area contributed by atoms with Crippen LogP contribution >= 0.6 is 0 Å². The summed E-state index contributed by atoms with van der Waals surface area (Å²) in [5.41, 5.74) is 6.15. The van der Waals surface area contributed by atoms with E-state index in [1.54, 1.807) is 0 Å². The van der Waals surface area contributed by atoms with Gasteiger partial charge in [-0.25, -0.2) is 0 Å². The molecule has 1 aliphatic heterocycles. The molecule has 0 amide bonds. The van der Waals surface area contributed by atoms with Crippen molar-refractivity contribution in [1.29, 1.82) is 0 Å². The Labute approximate surface area is 87.6 Å². The molecule has 1 fully saturated rings. The van der Waals surface area contributed by atoms with Crippen molar-refractivity contribution < 1.29 is 4.74 Å². The van der Waals surface area contributed by atoms with Crippen LogP contribution in [0.4, 0.5) is 0 Å². The SMILES string of the molecule is CCN(C(C)C)C1(CN)CCOCC1. The van der Waals surface area contributed by atoms with Crippen molar-refractivity contribution in [1.82, 2.24) is 4.90 Å². The lowest BCUT2D eigenvalue weighted by atomic mass is 9.87. The van der Waals surface area contributed by atoms with Gasteiger partial charge < -0.3 is 10.5 Å². The highest BCUT2D eigenvalue weighted by Crippen LogP contribution is 2.28. The van der Waals surface area contributed by atoms with Crippen molar-refractivity contribution in [2.24, 2.45) is 5.73 Å². The fourth-order valence-corrected chi connectivity index (χ4v) is 2.61. The molecular weight excluding hydrogens is 176 g/mol. The molecule has 0 aromatic carbocycles. The molecule has 1 heterocycles. The van der Waals surface area contributed by atoms with Gasteiger partial charge in [-0.15, -0.1) is 0 Å². The van der Waals surface area contributed by atoms with Crippen LogP contribution < -0.4 is 5.73 Å². The van der Waals surface area contributed by atoms with E-state index in [-0.39, 0.29) is 5.54 Å². The fraction of sp³-hybridized carbons (Fsp3) is 1.00. The van der Waals surface area contributed by atoms with Gasteiger partial charge in [0.05, 0.1) is 0 Å². The third kappa shape index (κ3) is 2.27. The lowest BCUT2D eigenvalue weighted by Crippen LogP contribution is -2.59. The molecule has 0 radical (unpaired) electrons. The summed E-state index contributed by atoms with van der Waals surface area (Å²) < 4.78 is 5.42. The number of hydrogen-bond acceptors (Lipinski definition) is 3. The molecule has 3 nitrogen and oxygen atoms in total. The minimum Gasteiger partial charge on any atom is -0.381 e. The Morgan fingerprint density at radius 1 is 1.36 bits per heavy atom. The lowest BCUT2D eigenvalue weighted by Gasteiger charge is -2.47. The van der Waals surface area contributed by atoms with Crippen LogP contribution in [0, 0.1) is 0 Å². The van der Waals surface area contributed by atoms with Gasteiger partial charge in [-0.3, -0.25) is 4.90 Å². The van der Waals surface area contributed by atoms with Crippen LogP contribution in [0.25, 0.3) is 0 Å². The molecule has 3 heteroatoms. The monoisotopic (exact) mass is 200 g/mol. The van der Waals surface area contributed by atoms with E-state index in [1.165, 1.54) is 0 Å². The average Bonchev–Trinajstić information content (AvgIpc) is 2.19. The highest BCUT2D eigenvalue weighted by Gasteiger charge is 2.37. The normalized spacial score (nSPS) is 21.9. The number of nitrogens with two attached hydrogens (primary N) is 1. The van der Waals surface area contributed by atoms with Gasteiger partial charge in [-0.05, 0) is 33.2 Å². The molecule has 0 aliphatic carbocycles. The summed E-state index contributed by atoms with van der Waals surface area (Å²) in [7, 11) is 0. The van der Waals surface area contributed by atoms with Crippen molar-refractivity contribution in [2.45, 2.75) is 45.2 Å². The van der Waals surface area contributed by atoms with Crippen LogP contribution in [0.3, 0.4) is 0 Å². The van der Waals surface area contributed by atoms with E-state index < -0.39 is 0 Å². The zero-order valence-corrected chi connectivity index (χ0v) is 9.75. The summed E-state index contributed by atoms with van der Waals surface area (Å²) >= 11 is 0. The predicted molar refractivity (Wildman–Crippen MR) is 59.4 cm³/mol. The summed E-state index contributed by atoms with van der Waals surface area (Å²) in [5.74, 6) is 0. The van der Waals surface area contributed by atoms with Crippen LogP contribution in [0.1, 0.15) is 33.6 Å². The second kappa shape index (κ2) is 5.10. The van der Waals surface area contributed by atoms with Gasteiger partial charge in [0.1, 0.15) is 0 Å². The first-order chi connectivity index (χ1) is 6.66. The predicted octanol–water partition coefficient (Wildman–Crippen LogP) is 1.22. The molecule has 0 unspecified atom stereocenters. The highest BCUT2D eigenvalue weighted by molar-refractivity contribution is 4.94. The minimum absolute atomic E-state index is 0.196. The van der Waals surface area contributed by atoms with Crippen LogP contribution in [0.15, 0.2) is 0 Å². The smallest absolute Gasteiger partial charge is 0.0484 e. The van der Waals surface area contributed by atoms with Gasteiger partial charge in [-0.2, -0.15) is 0 Å². The maximum absolute atomic E-state index is 5.96. The van der Waals surface area contributed by atoms with Crippen molar-refractivity contribution in [2.75, 3.05) is 26.3 Å². The summed E-state index contributed by atoms with van der Waals surface area (Å²) in [6.07, 6.45) is 2.16. The first-order valence-corrected chi connectivity index (χ1v) is 5.71. The Morgan fingerprint density at radius 2 is 1.93 bits per heavy atom. The summed E-state index contributed by atoms with van der Waals surface area (Å²) in [6, 6.07) is 0.571. The van der Waals surface area contributed by atoms with Crippen LogP contribution in [-0.2, 0) is 4.74 Å². The third-order valence-electron chi connectivity index (χ3n) is 3.38. The summed E-state index contributed by atoms with van der Waals surface area (Å²) in [4.78, 5) is 2.52. The molecule has 0 spiro atoms. The maximum Gasteiger partial charge on any atom is 0.0484 e. The first-order valence-electron chi connectivity index (χ1n) is 5.71. The molecule has 84 valence electrons. The zero-order valence-electron chi connectivity index (χ0n) is 9.75. The van der Waals surface area contributed by atoms with E-state index in [2.05, 4.69) is 25.7 Å². The van der Waals surface area contributed by atoms with Gasteiger partial charge in [0.25, 0.3) is 0 Å². The number of ether oxygens (including phenoxy) is 1. The maximum atomic E-state index is 5.96. The fourth-order valence-electron chi connectivity index (χ4n) is 2.61. The molecule has 1 aliphatic rings. The number of rotatable bonds is 4. The third-order valence-corrected chi connectivity index (χ3v) is 3.38. The molecule has 0 atom stereocenters. The highest BCUT2D eigenvalue weighted by atomic mass is 16.5. The van der Waals surface area contributed by atoms with Crippen LogP contribution in [0.5, 0.6) is 0 Å². The van der Waals surface area contributed by atoms with E-state index in [0.717, 1.165) is 39.1 Å². The van der Waals surface area contributed by atoms with Gasteiger partial charge in [0.15, 0.2) is 0 Å². The van der Waals surface area contributed by atoms with Crippen molar-refractivity contribution in [3.8, 4) is 0 Å². The molecule has 0 aromatic heterocycles. The largest absolute Gasteiger partial charge is 0.381 e. The standard InChI is InChI=1S/C11H24N2O/c1-4-13(10(2)3)11(9-12)5-7-14-8-6-11/h10H,4-9,12H2,1-3H3. The van der Waals surface area contributed by atoms with Crippen molar-refractivity contribution in [3.63, 3.8) is 0 Å². The van der Waals surface area contributed by atoms with Crippen LogP contribution in [0.2, 0.25) is 0 Å². The van der Waals surface area contributed by atoms with E-state index in [9.17, 15) is 0 Å². The second-order valence-corrected chi connectivity index (χ2v) is 4.42. The first kappa shape index (κ1) is 12.0. The zero-order chi connectivity index (χ0) is 10.6. The Balaban J connectivity index is 2.74. The van der Waals surface area contributed by atoms with Gasteiger partial charge in [-0.1, -0.05) is 6.92 Å². The Morgan fingerprint density at radius 3 is 2.29 bits per heavy atom. The van der Waals surface area contributed by atoms with E-state index >= 15 is 0 Å². The molecule has 2 N–H and O–H groups in total. The minimum atomic E-state index is 0.196. The van der Waals surface area contributed by atoms with Gasteiger partial charge in [0, 0.05) is 31.3 Å². The topological polar surface area (TPSA) is 38.5 Å².